The predicted octanol–water partition coefficient (Wildman–Crippen LogP) is 3.28. The Hall–Kier alpha value is -2.44. The number of nitrogens with one attached hydrogen (secondary N) is 1. The van der Waals surface area contributed by atoms with Gasteiger partial charge in [-0.3, -0.25) is 4.90 Å². The lowest BCUT2D eigenvalue weighted by molar-refractivity contribution is -0.139. The SMILES string of the molecule is CCOC(=O)C1=C(C)N(CC2CC2)C(=O)N[C@H]1c1c(F)cccc1F. The van der Waals surface area contributed by atoms with E-state index in [-0.39, 0.29) is 17.7 Å². The first-order valence-electron chi connectivity index (χ1n) is 8.33. The van der Waals surface area contributed by atoms with E-state index < -0.39 is 29.7 Å². The number of carbonyl (C=O) groups is 2. The average Bonchev–Trinajstić information content (AvgIpc) is 3.35. The van der Waals surface area contributed by atoms with E-state index in [0.29, 0.717) is 18.2 Å². The Morgan fingerprint density at radius 1 is 1.32 bits per heavy atom. The van der Waals surface area contributed by atoms with Crippen LogP contribution in [0.2, 0.25) is 0 Å². The van der Waals surface area contributed by atoms with Crippen molar-refractivity contribution in [1.29, 1.82) is 0 Å². The van der Waals surface area contributed by atoms with Crippen LogP contribution in [0.15, 0.2) is 29.5 Å². The number of esters is 1. The molecule has 1 aromatic rings. The highest BCUT2D eigenvalue weighted by molar-refractivity contribution is 5.95. The molecule has 0 aromatic heterocycles. The largest absolute Gasteiger partial charge is 0.463 e. The first-order chi connectivity index (χ1) is 11.9. The van der Waals surface area contributed by atoms with Gasteiger partial charge in [0.05, 0.1) is 23.8 Å². The van der Waals surface area contributed by atoms with Crippen LogP contribution < -0.4 is 5.32 Å². The highest BCUT2D eigenvalue weighted by Gasteiger charge is 2.40. The molecule has 5 nitrogen and oxygen atoms in total. The summed E-state index contributed by atoms with van der Waals surface area (Å²) in [5, 5.41) is 2.57. The normalized spacial score (nSPS) is 20.6. The number of benzene rings is 1. The minimum absolute atomic E-state index is 0.0612. The molecule has 0 radical (unpaired) electrons. The van der Waals surface area contributed by atoms with Crippen molar-refractivity contribution in [3.05, 3.63) is 46.7 Å². The third-order valence-corrected chi connectivity index (χ3v) is 4.52. The van der Waals surface area contributed by atoms with Crippen LogP contribution in [0.1, 0.15) is 38.3 Å². The zero-order valence-electron chi connectivity index (χ0n) is 14.1. The second-order valence-electron chi connectivity index (χ2n) is 6.29. The van der Waals surface area contributed by atoms with E-state index in [2.05, 4.69) is 5.32 Å². The lowest BCUT2D eigenvalue weighted by Gasteiger charge is -2.35. The molecule has 1 heterocycles. The lowest BCUT2D eigenvalue weighted by atomic mass is 9.94. The number of urea groups is 1. The summed E-state index contributed by atoms with van der Waals surface area (Å²) in [7, 11) is 0. The summed E-state index contributed by atoms with van der Waals surface area (Å²) in [6.45, 7) is 3.86. The van der Waals surface area contributed by atoms with Gasteiger partial charge in [-0.25, -0.2) is 18.4 Å². The number of hydrogen-bond donors (Lipinski definition) is 1. The smallest absolute Gasteiger partial charge is 0.338 e. The number of carbonyl (C=O) groups excluding carboxylic acids is 2. The summed E-state index contributed by atoms with van der Waals surface area (Å²) in [5.41, 5.74) is 0.0807. The van der Waals surface area contributed by atoms with E-state index in [4.69, 9.17) is 4.74 Å². The van der Waals surface area contributed by atoms with Crippen LogP contribution in [0.5, 0.6) is 0 Å². The lowest BCUT2D eigenvalue weighted by Crippen LogP contribution is -2.49. The van der Waals surface area contributed by atoms with Gasteiger partial charge < -0.3 is 10.1 Å². The maximum Gasteiger partial charge on any atom is 0.338 e. The number of allylic oxidation sites excluding steroid dienone is 1. The first kappa shape index (κ1) is 17.4. The van der Waals surface area contributed by atoms with E-state index in [0.717, 1.165) is 25.0 Å². The fourth-order valence-corrected chi connectivity index (χ4v) is 3.04. The third kappa shape index (κ3) is 3.36. The van der Waals surface area contributed by atoms with Gasteiger partial charge in [0, 0.05) is 12.2 Å². The second kappa shape index (κ2) is 6.82. The van der Waals surface area contributed by atoms with Crippen molar-refractivity contribution in [2.24, 2.45) is 5.92 Å². The van der Waals surface area contributed by atoms with Crippen molar-refractivity contribution >= 4 is 12.0 Å². The molecule has 1 saturated carbocycles. The van der Waals surface area contributed by atoms with Crippen LogP contribution in [0.3, 0.4) is 0 Å². The Bertz CT molecular complexity index is 724. The maximum absolute atomic E-state index is 14.2. The molecule has 1 aliphatic heterocycles. The van der Waals surface area contributed by atoms with Crippen molar-refractivity contribution < 1.29 is 23.1 Å². The summed E-state index contributed by atoms with van der Waals surface area (Å²) < 4.78 is 33.6. The van der Waals surface area contributed by atoms with E-state index in [1.165, 1.54) is 11.0 Å². The predicted molar refractivity (Wildman–Crippen MR) is 86.4 cm³/mol. The monoisotopic (exact) mass is 350 g/mol. The Kier molecular flexibility index (Phi) is 4.74. The molecule has 134 valence electrons. The van der Waals surface area contributed by atoms with Gasteiger partial charge in [-0.05, 0) is 44.7 Å². The third-order valence-electron chi connectivity index (χ3n) is 4.52. The minimum atomic E-state index is -1.22. The molecule has 2 amide bonds. The van der Waals surface area contributed by atoms with Crippen molar-refractivity contribution in [3.63, 3.8) is 0 Å². The highest BCUT2D eigenvalue weighted by Crippen LogP contribution is 2.37. The highest BCUT2D eigenvalue weighted by atomic mass is 19.1. The quantitative estimate of drug-likeness (QED) is 0.829. The van der Waals surface area contributed by atoms with Gasteiger partial charge in [-0.2, -0.15) is 0 Å². The molecule has 0 saturated heterocycles. The molecule has 25 heavy (non-hydrogen) atoms. The van der Waals surface area contributed by atoms with Crippen molar-refractivity contribution in [1.82, 2.24) is 10.2 Å². The molecule has 3 rings (SSSR count). The molecule has 2 aliphatic rings. The summed E-state index contributed by atoms with van der Waals surface area (Å²) >= 11 is 0. The second-order valence-corrected chi connectivity index (χ2v) is 6.29. The Labute approximate surface area is 144 Å². The van der Waals surface area contributed by atoms with E-state index in [1.807, 2.05) is 0 Å². The number of halogens is 2. The molecule has 7 heteroatoms. The molecule has 1 N–H and O–H groups in total. The van der Waals surface area contributed by atoms with E-state index >= 15 is 0 Å². The molecular formula is C18H20F2N2O3. The fourth-order valence-electron chi connectivity index (χ4n) is 3.04. The zero-order valence-corrected chi connectivity index (χ0v) is 14.1. The molecule has 0 unspecified atom stereocenters. The summed E-state index contributed by atoms with van der Waals surface area (Å²) in [4.78, 5) is 26.4. The minimum Gasteiger partial charge on any atom is -0.463 e. The maximum atomic E-state index is 14.2. The van der Waals surface area contributed by atoms with E-state index in [1.54, 1.807) is 13.8 Å². The van der Waals surface area contributed by atoms with Gasteiger partial charge in [0.1, 0.15) is 11.6 Å². The molecule has 1 fully saturated rings. The Balaban J connectivity index is 2.08. The first-order valence-corrected chi connectivity index (χ1v) is 8.33. The summed E-state index contributed by atoms with van der Waals surface area (Å²) in [5.74, 6) is -1.94. The van der Waals surface area contributed by atoms with Gasteiger partial charge in [0.25, 0.3) is 0 Å². The average molecular weight is 350 g/mol. The molecular weight excluding hydrogens is 330 g/mol. The molecule has 0 bridgehead atoms. The van der Waals surface area contributed by atoms with Crippen molar-refractivity contribution in [2.45, 2.75) is 32.7 Å². The van der Waals surface area contributed by atoms with Crippen molar-refractivity contribution in [3.8, 4) is 0 Å². The number of nitrogens with zero attached hydrogens (tertiary/aromatic N) is 1. The number of hydrogen-bond acceptors (Lipinski definition) is 3. The Morgan fingerprint density at radius 3 is 2.52 bits per heavy atom. The van der Waals surface area contributed by atoms with Gasteiger partial charge in [-0.15, -0.1) is 0 Å². The molecule has 1 atom stereocenters. The fraction of sp³-hybridized carbons (Fsp3) is 0.444. The standard InChI is InChI=1S/C18H20F2N2O3/c1-3-25-17(23)14-10(2)22(9-11-7-8-11)18(24)21-16(14)15-12(19)5-4-6-13(15)20/h4-6,11,16H,3,7-9H2,1-2H3,(H,21,24)/t16-/m1/s1. The number of amides is 2. The summed E-state index contributed by atoms with van der Waals surface area (Å²) in [6.07, 6.45) is 2.05. The zero-order chi connectivity index (χ0) is 18.1. The molecule has 0 spiro atoms. The molecule has 1 aromatic carbocycles. The van der Waals surface area contributed by atoms with Gasteiger partial charge in [0.2, 0.25) is 0 Å². The van der Waals surface area contributed by atoms with Crippen LogP contribution in [0, 0.1) is 17.6 Å². The van der Waals surface area contributed by atoms with Gasteiger partial charge in [-0.1, -0.05) is 6.07 Å². The Morgan fingerprint density at radius 2 is 1.96 bits per heavy atom. The van der Waals surface area contributed by atoms with Crippen LogP contribution in [0.4, 0.5) is 13.6 Å². The number of rotatable bonds is 5. The number of ether oxygens (including phenoxy) is 1. The molecule has 1 aliphatic carbocycles. The van der Waals surface area contributed by atoms with Crippen LogP contribution in [0.25, 0.3) is 0 Å². The van der Waals surface area contributed by atoms with Gasteiger partial charge >= 0.3 is 12.0 Å². The van der Waals surface area contributed by atoms with Crippen molar-refractivity contribution in [2.75, 3.05) is 13.2 Å². The van der Waals surface area contributed by atoms with Gasteiger partial charge in [0.15, 0.2) is 0 Å². The van der Waals surface area contributed by atoms with Crippen LogP contribution in [-0.4, -0.2) is 30.1 Å². The van der Waals surface area contributed by atoms with Crippen LogP contribution in [-0.2, 0) is 9.53 Å². The summed E-state index contributed by atoms with van der Waals surface area (Å²) in [6, 6.07) is 1.74. The van der Waals surface area contributed by atoms with Crippen LogP contribution >= 0.6 is 0 Å². The topological polar surface area (TPSA) is 58.6 Å². The van der Waals surface area contributed by atoms with E-state index in [9.17, 15) is 18.4 Å².